The SMILES string of the molecule is CC.Cc1cc(-c2ccccc2Cl)no1. The van der Waals surface area contributed by atoms with E-state index in [4.69, 9.17) is 16.1 Å². The molecule has 0 aliphatic heterocycles. The maximum atomic E-state index is 5.99. The fraction of sp³-hybridized carbons (Fsp3) is 0.250. The average Bonchev–Trinajstić information content (AvgIpc) is 2.68. The summed E-state index contributed by atoms with van der Waals surface area (Å²) in [5, 5.41) is 4.58. The minimum atomic E-state index is 0.691. The molecule has 0 saturated carbocycles. The monoisotopic (exact) mass is 223 g/mol. The van der Waals surface area contributed by atoms with Crippen LogP contribution >= 0.6 is 11.6 Å². The van der Waals surface area contributed by atoms with Gasteiger partial charge >= 0.3 is 0 Å². The Morgan fingerprint density at radius 3 is 2.40 bits per heavy atom. The van der Waals surface area contributed by atoms with Gasteiger partial charge in [-0.1, -0.05) is 48.8 Å². The molecule has 0 bridgehead atoms. The van der Waals surface area contributed by atoms with Gasteiger partial charge in [-0.3, -0.25) is 0 Å². The molecule has 0 amide bonds. The highest BCUT2D eigenvalue weighted by Crippen LogP contribution is 2.26. The van der Waals surface area contributed by atoms with E-state index < -0.39 is 0 Å². The fourth-order valence-corrected chi connectivity index (χ4v) is 1.39. The molecule has 0 aliphatic carbocycles. The summed E-state index contributed by atoms with van der Waals surface area (Å²) < 4.78 is 4.97. The third-order valence-electron chi connectivity index (χ3n) is 1.78. The molecule has 0 atom stereocenters. The van der Waals surface area contributed by atoms with Crippen LogP contribution in [0.4, 0.5) is 0 Å². The quantitative estimate of drug-likeness (QED) is 0.719. The Bertz CT molecular complexity index is 423. The van der Waals surface area contributed by atoms with E-state index in [0.29, 0.717) is 5.02 Å². The lowest BCUT2D eigenvalue weighted by molar-refractivity contribution is 0.399. The molecule has 1 heterocycles. The largest absolute Gasteiger partial charge is 0.361 e. The van der Waals surface area contributed by atoms with Gasteiger partial charge in [0.05, 0.1) is 5.02 Å². The van der Waals surface area contributed by atoms with Crippen LogP contribution in [0.1, 0.15) is 19.6 Å². The normalized spacial score (nSPS) is 9.33. The Morgan fingerprint density at radius 2 is 1.87 bits per heavy atom. The van der Waals surface area contributed by atoms with Crippen molar-refractivity contribution in [3.8, 4) is 11.3 Å². The molecule has 0 saturated heterocycles. The van der Waals surface area contributed by atoms with Gasteiger partial charge in [-0.2, -0.15) is 0 Å². The lowest BCUT2D eigenvalue weighted by Gasteiger charge is -1.96. The van der Waals surface area contributed by atoms with Gasteiger partial charge < -0.3 is 4.52 Å². The predicted octanol–water partition coefficient (Wildman–Crippen LogP) is 4.33. The topological polar surface area (TPSA) is 26.0 Å². The first-order valence-electron chi connectivity index (χ1n) is 4.95. The third-order valence-corrected chi connectivity index (χ3v) is 2.11. The summed E-state index contributed by atoms with van der Waals surface area (Å²) in [6, 6.07) is 9.42. The van der Waals surface area contributed by atoms with Gasteiger partial charge in [0.2, 0.25) is 0 Å². The number of aryl methyl sites for hydroxylation is 1. The molecule has 3 heteroatoms. The summed E-state index contributed by atoms with van der Waals surface area (Å²) in [5.41, 5.74) is 1.68. The minimum absolute atomic E-state index is 0.691. The van der Waals surface area contributed by atoms with Crippen molar-refractivity contribution in [1.82, 2.24) is 5.16 Å². The molecule has 0 aliphatic rings. The molecular weight excluding hydrogens is 210 g/mol. The van der Waals surface area contributed by atoms with Crippen LogP contribution in [-0.4, -0.2) is 5.16 Å². The smallest absolute Gasteiger partial charge is 0.134 e. The third kappa shape index (κ3) is 2.83. The van der Waals surface area contributed by atoms with Crippen molar-refractivity contribution in [1.29, 1.82) is 0 Å². The Kier molecular flexibility index (Phi) is 4.37. The molecule has 80 valence electrons. The maximum absolute atomic E-state index is 5.99. The molecule has 0 unspecified atom stereocenters. The number of aromatic nitrogens is 1. The summed E-state index contributed by atoms with van der Waals surface area (Å²) in [7, 11) is 0. The van der Waals surface area contributed by atoms with E-state index in [1.54, 1.807) is 0 Å². The first-order valence-corrected chi connectivity index (χ1v) is 5.33. The highest BCUT2D eigenvalue weighted by molar-refractivity contribution is 6.33. The van der Waals surface area contributed by atoms with Crippen molar-refractivity contribution in [2.75, 3.05) is 0 Å². The van der Waals surface area contributed by atoms with Crippen molar-refractivity contribution in [3.63, 3.8) is 0 Å². The van der Waals surface area contributed by atoms with Crippen molar-refractivity contribution in [2.45, 2.75) is 20.8 Å². The van der Waals surface area contributed by atoms with Crippen LogP contribution in [0.2, 0.25) is 5.02 Å². The minimum Gasteiger partial charge on any atom is -0.361 e. The lowest BCUT2D eigenvalue weighted by atomic mass is 10.1. The number of hydrogen-bond donors (Lipinski definition) is 0. The lowest BCUT2D eigenvalue weighted by Crippen LogP contribution is -1.77. The van der Waals surface area contributed by atoms with Crippen LogP contribution in [0.3, 0.4) is 0 Å². The van der Waals surface area contributed by atoms with E-state index >= 15 is 0 Å². The molecule has 1 aromatic heterocycles. The molecule has 15 heavy (non-hydrogen) atoms. The van der Waals surface area contributed by atoms with Crippen LogP contribution in [0, 0.1) is 6.92 Å². The van der Waals surface area contributed by atoms with Crippen molar-refractivity contribution < 1.29 is 4.52 Å². The Labute approximate surface area is 94.9 Å². The Balaban J connectivity index is 0.000000531. The van der Waals surface area contributed by atoms with E-state index in [9.17, 15) is 0 Å². The van der Waals surface area contributed by atoms with Crippen molar-refractivity contribution in [2.24, 2.45) is 0 Å². The van der Waals surface area contributed by atoms with Crippen LogP contribution in [0.15, 0.2) is 34.9 Å². The van der Waals surface area contributed by atoms with Gasteiger partial charge in [-0.05, 0) is 13.0 Å². The number of nitrogens with zero attached hydrogens (tertiary/aromatic N) is 1. The van der Waals surface area contributed by atoms with E-state index in [1.807, 2.05) is 51.1 Å². The average molecular weight is 224 g/mol. The van der Waals surface area contributed by atoms with Gasteiger partial charge in [0.1, 0.15) is 11.5 Å². The first-order chi connectivity index (χ1) is 7.27. The molecule has 0 radical (unpaired) electrons. The van der Waals surface area contributed by atoms with Crippen molar-refractivity contribution >= 4 is 11.6 Å². The zero-order chi connectivity index (χ0) is 11.3. The summed E-state index contributed by atoms with van der Waals surface area (Å²) in [6.45, 7) is 5.85. The highest BCUT2D eigenvalue weighted by Gasteiger charge is 2.06. The van der Waals surface area contributed by atoms with Crippen LogP contribution < -0.4 is 0 Å². The fourth-order valence-electron chi connectivity index (χ4n) is 1.16. The molecule has 0 fully saturated rings. The molecule has 1 aromatic carbocycles. The zero-order valence-electron chi connectivity index (χ0n) is 9.12. The van der Waals surface area contributed by atoms with Gasteiger partial charge in [-0.15, -0.1) is 0 Å². The Morgan fingerprint density at radius 1 is 1.20 bits per heavy atom. The van der Waals surface area contributed by atoms with Crippen LogP contribution in [0.25, 0.3) is 11.3 Å². The van der Waals surface area contributed by atoms with Gasteiger partial charge in [0.15, 0.2) is 0 Å². The van der Waals surface area contributed by atoms with E-state index in [2.05, 4.69) is 5.16 Å². The zero-order valence-corrected chi connectivity index (χ0v) is 9.88. The maximum Gasteiger partial charge on any atom is 0.134 e. The van der Waals surface area contributed by atoms with Gasteiger partial charge in [-0.25, -0.2) is 0 Å². The standard InChI is InChI=1S/C10H8ClNO.C2H6/c1-7-6-10(12-13-7)8-4-2-3-5-9(8)11;1-2/h2-6H,1H3;1-2H3. The van der Waals surface area contributed by atoms with Crippen molar-refractivity contribution in [3.05, 3.63) is 41.1 Å². The van der Waals surface area contributed by atoms with Crippen LogP contribution in [0.5, 0.6) is 0 Å². The second-order valence-corrected chi connectivity index (χ2v) is 3.21. The first kappa shape index (κ1) is 11.8. The van der Waals surface area contributed by atoms with Gasteiger partial charge in [0.25, 0.3) is 0 Å². The number of benzene rings is 1. The van der Waals surface area contributed by atoms with E-state index in [-0.39, 0.29) is 0 Å². The van der Waals surface area contributed by atoms with Gasteiger partial charge in [0, 0.05) is 11.6 Å². The molecule has 0 N–H and O–H groups in total. The molecule has 2 aromatic rings. The number of halogens is 1. The molecule has 2 nitrogen and oxygen atoms in total. The molecular formula is C12H14ClNO. The van der Waals surface area contributed by atoms with E-state index in [1.165, 1.54) is 0 Å². The summed E-state index contributed by atoms with van der Waals surface area (Å²) >= 11 is 5.99. The summed E-state index contributed by atoms with van der Waals surface area (Å²) in [4.78, 5) is 0. The summed E-state index contributed by atoms with van der Waals surface area (Å²) in [6.07, 6.45) is 0. The summed E-state index contributed by atoms with van der Waals surface area (Å²) in [5.74, 6) is 0.787. The number of rotatable bonds is 1. The molecule has 2 rings (SSSR count). The second-order valence-electron chi connectivity index (χ2n) is 2.80. The molecule has 0 spiro atoms. The second kappa shape index (κ2) is 5.56. The predicted molar refractivity (Wildman–Crippen MR) is 63.0 cm³/mol. The van der Waals surface area contributed by atoms with Crippen LogP contribution in [-0.2, 0) is 0 Å². The van der Waals surface area contributed by atoms with E-state index in [0.717, 1.165) is 17.0 Å². The Hall–Kier alpha value is -1.28. The number of hydrogen-bond acceptors (Lipinski definition) is 2. The highest BCUT2D eigenvalue weighted by atomic mass is 35.5.